The van der Waals surface area contributed by atoms with Gasteiger partial charge in [-0.25, -0.2) is 4.98 Å². The van der Waals surface area contributed by atoms with Gasteiger partial charge in [0.15, 0.2) is 0 Å². The fourth-order valence-corrected chi connectivity index (χ4v) is 3.93. The molecule has 0 bridgehead atoms. The molecule has 7 heteroatoms. The molecule has 2 aliphatic rings. The lowest BCUT2D eigenvalue weighted by Gasteiger charge is -2.28. The zero-order valence-corrected chi connectivity index (χ0v) is 17.4. The summed E-state index contributed by atoms with van der Waals surface area (Å²) in [4.78, 5) is 6.71. The van der Waals surface area contributed by atoms with Gasteiger partial charge in [0.2, 0.25) is 0 Å². The number of aromatic nitrogens is 1. The summed E-state index contributed by atoms with van der Waals surface area (Å²) >= 11 is 3.55. The van der Waals surface area contributed by atoms with Crippen molar-refractivity contribution in [3.05, 3.63) is 52.1 Å². The molecule has 28 heavy (non-hydrogen) atoms. The van der Waals surface area contributed by atoms with E-state index in [0.717, 1.165) is 66.1 Å². The smallest absolute Gasteiger partial charge is 0.129 e. The second-order valence-corrected chi connectivity index (χ2v) is 7.98. The molecular weight excluding hydrogens is 420 g/mol. The van der Waals surface area contributed by atoms with E-state index in [0.29, 0.717) is 18.9 Å². The summed E-state index contributed by atoms with van der Waals surface area (Å²) in [6.45, 7) is 3.86. The van der Waals surface area contributed by atoms with E-state index in [9.17, 15) is 0 Å². The number of nitrogens with zero attached hydrogens (tertiary/aromatic N) is 2. The maximum atomic E-state index is 8.86. The van der Waals surface area contributed by atoms with E-state index in [1.165, 1.54) is 0 Å². The van der Waals surface area contributed by atoms with E-state index in [1.807, 2.05) is 30.3 Å². The molecule has 2 aromatic rings. The van der Waals surface area contributed by atoms with Gasteiger partial charge in [-0.2, -0.15) is 0 Å². The van der Waals surface area contributed by atoms with E-state index < -0.39 is 0 Å². The highest BCUT2D eigenvalue weighted by Gasteiger charge is 2.19. The number of benzene rings is 1. The molecule has 1 aromatic heterocycles. The van der Waals surface area contributed by atoms with Crippen molar-refractivity contribution >= 4 is 33.1 Å². The fourth-order valence-electron chi connectivity index (χ4n) is 3.57. The molecule has 0 saturated carbocycles. The predicted octanol–water partition coefficient (Wildman–Crippen LogP) is 4.04. The van der Waals surface area contributed by atoms with Crippen LogP contribution in [0.2, 0.25) is 0 Å². The van der Waals surface area contributed by atoms with Crippen LogP contribution in [0.25, 0.3) is 0 Å². The maximum Gasteiger partial charge on any atom is 0.129 e. The molecular formula is C21H25BrN4O2. The van der Waals surface area contributed by atoms with Crippen molar-refractivity contribution in [2.24, 2.45) is 0 Å². The van der Waals surface area contributed by atoms with E-state index in [2.05, 4.69) is 31.1 Å². The van der Waals surface area contributed by atoms with E-state index >= 15 is 0 Å². The molecule has 2 fully saturated rings. The SMILES string of the molecule is N=C(c1ccnc(N2CCOCC2)c1)c1cc(Br)ccc1NC1CCCCO1. The topological polar surface area (TPSA) is 70.5 Å². The van der Waals surface area contributed by atoms with Crippen molar-refractivity contribution in [2.45, 2.75) is 25.5 Å². The highest BCUT2D eigenvalue weighted by Crippen LogP contribution is 2.27. The van der Waals surface area contributed by atoms with E-state index in [1.54, 1.807) is 6.20 Å². The van der Waals surface area contributed by atoms with E-state index in [4.69, 9.17) is 14.9 Å². The molecule has 4 rings (SSSR count). The van der Waals surface area contributed by atoms with Crippen LogP contribution in [-0.4, -0.2) is 49.8 Å². The first-order chi connectivity index (χ1) is 13.7. The summed E-state index contributed by atoms with van der Waals surface area (Å²) in [6.07, 6.45) is 5.04. The van der Waals surface area contributed by atoms with Gasteiger partial charge in [0.05, 0.1) is 18.9 Å². The summed E-state index contributed by atoms with van der Waals surface area (Å²) in [5.41, 5.74) is 3.09. The normalized spacial score (nSPS) is 20.0. The Morgan fingerprint density at radius 1 is 1.14 bits per heavy atom. The van der Waals surface area contributed by atoms with Crippen molar-refractivity contribution in [1.82, 2.24) is 4.98 Å². The number of nitrogens with one attached hydrogen (secondary N) is 2. The first kappa shape index (κ1) is 19.4. The maximum absolute atomic E-state index is 8.86. The van der Waals surface area contributed by atoms with E-state index in [-0.39, 0.29) is 6.23 Å². The Balaban J connectivity index is 1.59. The summed E-state index contributed by atoms with van der Waals surface area (Å²) in [6, 6.07) is 9.88. The number of hydrogen-bond acceptors (Lipinski definition) is 6. The quantitative estimate of drug-likeness (QED) is 0.680. The van der Waals surface area contributed by atoms with Gasteiger partial charge in [-0.3, -0.25) is 5.41 Å². The molecule has 3 heterocycles. The summed E-state index contributed by atoms with van der Waals surface area (Å²) in [7, 11) is 0. The van der Waals surface area contributed by atoms with Gasteiger partial charge in [0.1, 0.15) is 12.0 Å². The highest BCUT2D eigenvalue weighted by molar-refractivity contribution is 9.10. The average Bonchev–Trinajstić information content (AvgIpc) is 2.76. The summed E-state index contributed by atoms with van der Waals surface area (Å²) in [5, 5.41) is 12.3. The Morgan fingerprint density at radius 2 is 2.00 bits per heavy atom. The van der Waals surface area contributed by atoms with Crippen LogP contribution >= 0.6 is 15.9 Å². The van der Waals surface area contributed by atoms with Gasteiger partial charge in [-0.05, 0) is 49.6 Å². The number of anilines is 2. The van der Waals surface area contributed by atoms with Crippen LogP contribution in [0.5, 0.6) is 0 Å². The van der Waals surface area contributed by atoms with Crippen molar-refractivity contribution in [3.8, 4) is 0 Å². The molecule has 1 unspecified atom stereocenters. The number of halogens is 1. The Labute approximate surface area is 173 Å². The molecule has 0 radical (unpaired) electrons. The summed E-state index contributed by atoms with van der Waals surface area (Å²) in [5.74, 6) is 0.894. The van der Waals surface area contributed by atoms with Gasteiger partial charge in [0.25, 0.3) is 0 Å². The molecule has 0 amide bonds. The number of ether oxygens (including phenoxy) is 2. The Morgan fingerprint density at radius 3 is 2.79 bits per heavy atom. The van der Waals surface area contributed by atoms with Gasteiger partial charge in [-0.1, -0.05) is 15.9 Å². The van der Waals surface area contributed by atoms with Gasteiger partial charge < -0.3 is 19.7 Å². The lowest BCUT2D eigenvalue weighted by atomic mass is 10.0. The number of hydrogen-bond donors (Lipinski definition) is 2. The third kappa shape index (κ3) is 4.54. The molecule has 2 saturated heterocycles. The Bertz CT molecular complexity index is 833. The third-order valence-electron chi connectivity index (χ3n) is 5.12. The minimum atomic E-state index is 0.00262. The molecule has 2 aliphatic heterocycles. The predicted molar refractivity (Wildman–Crippen MR) is 115 cm³/mol. The second kappa shape index (κ2) is 9.03. The van der Waals surface area contributed by atoms with Crippen molar-refractivity contribution in [3.63, 3.8) is 0 Å². The standard InChI is InChI=1S/C21H25BrN4O2/c22-16-4-5-18(25-20-3-1-2-10-28-20)17(14-16)21(23)15-6-7-24-19(13-15)26-8-11-27-12-9-26/h4-7,13-14,20,23,25H,1-3,8-12H2. The monoisotopic (exact) mass is 444 g/mol. The molecule has 1 aromatic carbocycles. The largest absolute Gasteiger partial charge is 0.378 e. The van der Waals surface area contributed by atoms with Crippen molar-refractivity contribution < 1.29 is 9.47 Å². The number of morpholine rings is 1. The fraction of sp³-hybridized carbons (Fsp3) is 0.429. The Hall–Kier alpha value is -1.96. The average molecular weight is 445 g/mol. The van der Waals surface area contributed by atoms with Gasteiger partial charge in [-0.15, -0.1) is 0 Å². The van der Waals surface area contributed by atoms with Crippen LogP contribution < -0.4 is 10.2 Å². The third-order valence-corrected chi connectivity index (χ3v) is 5.61. The van der Waals surface area contributed by atoms with Crippen LogP contribution in [0.3, 0.4) is 0 Å². The van der Waals surface area contributed by atoms with Crippen molar-refractivity contribution in [1.29, 1.82) is 5.41 Å². The first-order valence-corrected chi connectivity index (χ1v) is 10.6. The lowest BCUT2D eigenvalue weighted by molar-refractivity contribution is 0.0343. The van der Waals surface area contributed by atoms with Crippen LogP contribution in [0.4, 0.5) is 11.5 Å². The van der Waals surface area contributed by atoms with Crippen molar-refractivity contribution in [2.75, 3.05) is 43.1 Å². The highest BCUT2D eigenvalue weighted by atomic mass is 79.9. The number of rotatable bonds is 5. The van der Waals surface area contributed by atoms with Crippen LogP contribution in [0.15, 0.2) is 41.0 Å². The summed E-state index contributed by atoms with van der Waals surface area (Å²) < 4.78 is 12.2. The van der Waals surface area contributed by atoms with Crippen LogP contribution in [0, 0.1) is 5.41 Å². The molecule has 1 atom stereocenters. The minimum absolute atomic E-state index is 0.00262. The zero-order valence-electron chi connectivity index (χ0n) is 15.8. The van der Waals surface area contributed by atoms with Crippen LogP contribution in [0.1, 0.15) is 30.4 Å². The van der Waals surface area contributed by atoms with Crippen LogP contribution in [-0.2, 0) is 9.47 Å². The molecule has 0 aliphatic carbocycles. The second-order valence-electron chi connectivity index (χ2n) is 7.07. The molecule has 0 spiro atoms. The minimum Gasteiger partial charge on any atom is -0.378 e. The lowest BCUT2D eigenvalue weighted by Crippen LogP contribution is -2.36. The molecule has 148 valence electrons. The van der Waals surface area contributed by atoms with Gasteiger partial charge in [0, 0.05) is 47.2 Å². The molecule has 2 N–H and O–H groups in total. The number of pyridine rings is 1. The molecule has 6 nitrogen and oxygen atoms in total. The zero-order chi connectivity index (χ0) is 19.3. The Kier molecular flexibility index (Phi) is 6.24. The first-order valence-electron chi connectivity index (χ1n) is 9.76. The van der Waals surface area contributed by atoms with Gasteiger partial charge >= 0.3 is 0 Å².